The number of nitrogens with zero attached hydrogens (tertiary/aromatic N) is 4. The second-order valence-electron chi connectivity index (χ2n) is 4.53. The van der Waals surface area contributed by atoms with Crippen molar-refractivity contribution in [2.75, 3.05) is 11.9 Å². The van der Waals surface area contributed by atoms with E-state index >= 15 is 0 Å². The number of aromatic nitrogens is 3. The Balaban J connectivity index is 2.13. The molecule has 20 heavy (non-hydrogen) atoms. The van der Waals surface area contributed by atoms with Crippen molar-refractivity contribution in [2.24, 2.45) is 0 Å². The molecule has 0 saturated heterocycles. The van der Waals surface area contributed by atoms with E-state index in [2.05, 4.69) is 22.3 Å². The van der Waals surface area contributed by atoms with E-state index in [0.717, 1.165) is 24.5 Å². The first-order valence-corrected chi connectivity index (χ1v) is 6.48. The standard InChI is InChI=1S/C13H17N5O2/c1-3-7-14-12-6-4-5-11(15-12)9-17-8-10(2)13(16-17)18(19)20/h4-6,8H,3,7,9H2,1-2H3,(H,14,15). The summed E-state index contributed by atoms with van der Waals surface area (Å²) in [6, 6.07) is 5.68. The Morgan fingerprint density at radius 1 is 1.45 bits per heavy atom. The van der Waals surface area contributed by atoms with Gasteiger partial charge in [-0.25, -0.2) is 4.98 Å². The van der Waals surface area contributed by atoms with Crippen molar-refractivity contribution in [1.29, 1.82) is 0 Å². The van der Waals surface area contributed by atoms with Gasteiger partial charge in [-0.05, 0) is 30.4 Å². The minimum atomic E-state index is -0.474. The number of pyridine rings is 1. The number of rotatable bonds is 6. The Kier molecular flexibility index (Phi) is 4.29. The van der Waals surface area contributed by atoms with Crippen LogP contribution in [-0.2, 0) is 6.54 Å². The average Bonchev–Trinajstić information content (AvgIpc) is 2.78. The highest BCUT2D eigenvalue weighted by Gasteiger charge is 2.17. The number of hydrogen-bond acceptors (Lipinski definition) is 5. The van der Waals surface area contributed by atoms with Crippen molar-refractivity contribution in [3.05, 3.63) is 45.8 Å². The number of nitro groups is 1. The second-order valence-corrected chi connectivity index (χ2v) is 4.53. The van der Waals surface area contributed by atoms with Gasteiger partial charge in [-0.3, -0.25) is 0 Å². The molecular weight excluding hydrogens is 258 g/mol. The van der Waals surface area contributed by atoms with E-state index in [0.29, 0.717) is 12.1 Å². The highest BCUT2D eigenvalue weighted by molar-refractivity contribution is 5.35. The van der Waals surface area contributed by atoms with Gasteiger partial charge in [0, 0.05) is 6.54 Å². The lowest BCUT2D eigenvalue weighted by Gasteiger charge is -2.05. The van der Waals surface area contributed by atoms with Crippen LogP contribution in [-0.4, -0.2) is 26.2 Å². The van der Waals surface area contributed by atoms with E-state index in [1.165, 1.54) is 0 Å². The van der Waals surface area contributed by atoms with Gasteiger partial charge in [-0.1, -0.05) is 13.0 Å². The van der Waals surface area contributed by atoms with Crippen molar-refractivity contribution in [1.82, 2.24) is 14.8 Å². The monoisotopic (exact) mass is 275 g/mol. The van der Waals surface area contributed by atoms with E-state index in [1.54, 1.807) is 17.8 Å². The molecule has 2 aromatic heterocycles. The minimum Gasteiger partial charge on any atom is -0.370 e. The van der Waals surface area contributed by atoms with E-state index in [-0.39, 0.29) is 5.82 Å². The molecule has 2 heterocycles. The van der Waals surface area contributed by atoms with Crippen LogP contribution >= 0.6 is 0 Å². The molecule has 0 amide bonds. The molecule has 0 aliphatic rings. The number of hydrogen-bond donors (Lipinski definition) is 1. The van der Waals surface area contributed by atoms with Gasteiger partial charge in [0.05, 0.1) is 22.6 Å². The highest BCUT2D eigenvalue weighted by Crippen LogP contribution is 2.15. The molecule has 2 rings (SSSR count). The maximum atomic E-state index is 10.8. The summed E-state index contributed by atoms with van der Waals surface area (Å²) in [5.74, 6) is 0.702. The largest absolute Gasteiger partial charge is 0.392 e. The van der Waals surface area contributed by atoms with E-state index in [4.69, 9.17) is 0 Å². The van der Waals surface area contributed by atoms with Gasteiger partial charge in [-0.2, -0.15) is 4.68 Å². The first-order valence-electron chi connectivity index (χ1n) is 6.48. The van der Waals surface area contributed by atoms with Gasteiger partial charge in [0.2, 0.25) is 0 Å². The number of nitrogens with one attached hydrogen (secondary N) is 1. The van der Waals surface area contributed by atoms with Crippen molar-refractivity contribution in [2.45, 2.75) is 26.8 Å². The molecule has 0 bridgehead atoms. The first-order chi connectivity index (χ1) is 9.60. The summed E-state index contributed by atoms with van der Waals surface area (Å²) < 4.78 is 1.54. The molecule has 7 nitrogen and oxygen atoms in total. The van der Waals surface area contributed by atoms with Crippen LogP contribution in [0.1, 0.15) is 24.6 Å². The van der Waals surface area contributed by atoms with Gasteiger partial charge in [-0.15, -0.1) is 0 Å². The smallest absolute Gasteiger partial charge is 0.370 e. The van der Waals surface area contributed by atoms with Crippen molar-refractivity contribution >= 4 is 11.6 Å². The molecule has 1 N–H and O–H groups in total. The Morgan fingerprint density at radius 2 is 2.25 bits per heavy atom. The molecule has 0 aliphatic carbocycles. The molecule has 0 spiro atoms. The molecule has 0 unspecified atom stereocenters. The van der Waals surface area contributed by atoms with Crippen LogP contribution in [0.4, 0.5) is 11.6 Å². The van der Waals surface area contributed by atoms with E-state index in [1.807, 2.05) is 18.2 Å². The van der Waals surface area contributed by atoms with Crippen molar-refractivity contribution in [3.8, 4) is 0 Å². The number of aryl methyl sites for hydroxylation is 1. The zero-order valence-corrected chi connectivity index (χ0v) is 11.5. The Morgan fingerprint density at radius 3 is 2.90 bits per heavy atom. The molecule has 0 atom stereocenters. The Labute approximate surface area is 116 Å². The lowest BCUT2D eigenvalue weighted by molar-refractivity contribution is -0.390. The maximum Gasteiger partial charge on any atom is 0.392 e. The summed E-state index contributed by atoms with van der Waals surface area (Å²) in [6.07, 6.45) is 2.68. The fraction of sp³-hybridized carbons (Fsp3) is 0.385. The predicted molar refractivity (Wildman–Crippen MR) is 75.7 cm³/mol. The summed E-state index contributed by atoms with van der Waals surface area (Å²) in [7, 11) is 0. The molecule has 0 radical (unpaired) electrons. The molecule has 0 fully saturated rings. The fourth-order valence-corrected chi connectivity index (χ4v) is 1.86. The zero-order valence-electron chi connectivity index (χ0n) is 11.5. The maximum absolute atomic E-state index is 10.8. The highest BCUT2D eigenvalue weighted by atomic mass is 16.6. The van der Waals surface area contributed by atoms with Crippen molar-refractivity contribution in [3.63, 3.8) is 0 Å². The molecule has 7 heteroatoms. The normalized spacial score (nSPS) is 10.5. The lowest BCUT2D eigenvalue weighted by Crippen LogP contribution is -2.06. The fourth-order valence-electron chi connectivity index (χ4n) is 1.86. The zero-order chi connectivity index (χ0) is 14.5. The van der Waals surface area contributed by atoms with Crippen LogP contribution in [0, 0.1) is 17.0 Å². The van der Waals surface area contributed by atoms with Gasteiger partial charge >= 0.3 is 5.82 Å². The van der Waals surface area contributed by atoms with E-state index in [9.17, 15) is 10.1 Å². The third-order valence-electron chi connectivity index (χ3n) is 2.78. The van der Waals surface area contributed by atoms with Crippen LogP contribution < -0.4 is 5.32 Å². The van der Waals surface area contributed by atoms with Crippen molar-refractivity contribution < 1.29 is 4.92 Å². The summed E-state index contributed by atoms with van der Waals surface area (Å²) in [5, 5.41) is 17.9. The molecule has 0 aromatic carbocycles. The summed E-state index contributed by atoms with van der Waals surface area (Å²) in [4.78, 5) is 14.7. The number of anilines is 1. The summed E-state index contributed by atoms with van der Waals surface area (Å²) in [5.41, 5.74) is 1.36. The third kappa shape index (κ3) is 3.31. The first kappa shape index (κ1) is 14.0. The summed E-state index contributed by atoms with van der Waals surface area (Å²) >= 11 is 0. The molecular formula is C13H17N5O2. The SMILES string of the molecule is CCCNc1cccc(Cn2cc(C)c([N+](=O)[O-])n2)n1. The topological polar surface area (TPSA) is 85.9 Å². The Bertz CT molecular complexity index is 609. The van der Waals surface area contributed by atoms with Gasteiger partial charge in [0.25, 0.3) is 0 Å². The van der Waals surface area contributed by atoms with Crippen LogP contribution in [0.25, 0.3) is 0 Å². The van der Waals surface area contributed by atoms with E-state index < -0.39 is 4.92 Å². The van der Waals surface area contributed by atoms with Crippen LogP contribution in [0.2, 0.25) is 0 Å². The van der Waals surface area contributed by atoms with Gasteiger partial charge in [0.15, 0.2) is 0 Å². The third-order valence-corrected chi connectivity index (χ3v) is 2.78. The van der Waals surface area contributed by atoms with Crippen LogP contribution in [0.15, 0.2) is 24.4 Å². The minimum absolute atomic E-state index is 0.106. The quantitative estimate of drug-likeness (QED) is 0.646. The Hall–Kier alpha value is -2.44. The molecule has 0 saturated carbocycles. The molecule has 2 aromatic rings. The second kappa shape index (κ2) is 6.14. The molecule has 106 valence electrons. The molecule has 0 aliphatic heterocycles. The van der Waals surface area contributed by atoms with Crippen LogP contribution in [0.5, 0.6) is 0 Å². The van der Waals surface area contributed by atoms with Gasteiger partial charge < -0.3 is 15.4 Å². The van der Waals surface area contributed by atoms with Crippen LogP contribution in [0.3, 0.4) is 0 Å². The van der Waals surface area contributed by atoms with Gasteiger partial charge in [0.1, 0.15) is 12.4 Å². The predicted octanol–water partition coefficient (Wildman–Crippen LogP) is 2.36. The summed E-state index contributed by atoms with van der Waals surface area (Å²) in [6.45, 7) is 5.04. The lowest BCUT2D eigenvalue weighted by atomic mass is 10.3. The average molecular weight is 275 g/mol.